The summed E-state index contributed by atoms with van der Waals surface area (Å²) in [5, 5.41) is 8.99. The minimum Gasteiger partial charge on any atom is -0.395 e. The van der Waals surface area contributed by atoms with Gasteiger partial charge in [0, 0.05) is 25.9 Å². The van der Waals surface area contributed by atoms with Crippen molar-refractivity contribution in [3.05, 3.63) is 17.8 Å². The van der Waals surface area contributed by atoms with Gasteiger partial charge < -0.3 is 15.4 Å². The first kappa shape index (κ1) is 12.7. The van der Waals surface area contributed by atoms with Gasteiger partial charge >= 0.3 is 0 Å². The molecule has 1 fully saturated rings. The molecule has 0 bridgehead atoms. The maximum Gasteiger partial charge on any atom is 0.153 e. The summed E-state index contributed by atoms with van der Waals surface area (Å²) in [5.41, 5.74) is 6.96. The molecule has 0 amide bonds. The van der Waals surface area contributed by atoms with Crippen LogP contribution in [0.15, 0.2) is 12.3 Å². The van der Waals surface area contributed by atoms with Gasteiger partial charge in [-0.25, -0.2) is 4.98 Å². The highest BCUT2D eigenvalue weighted by Crippen LogP contribution is 2.30. The zero-order valence-corrected chi connectivity index (χ0v) is 10.8. The SMILES string of the molecule is COC1CCN(c2nccc(C#N)c2N)C(C)C1. The number of nitriles is 1. The molecule has 1 saturated heterocycles. The summed E-state index contributed by atoms with van der Waals surface area (Å²) in [5.74, 6) is 0.719. The van der Waals surface area contributed by atoms with Crippen LogP contribution in [0.3, 0.4) is 0 Å². The minimum absolute atomic E-state index is 0.302. The van der Waals surface area contributed by atoms with Gasteiger partial charge in [-0.15, -0.1) is 0 Å². The Morgan fingerprint density at radius 2 is 2.39 bits per heavy atom. The fourth-order valence-corrected chi connectivity index (χ4v) is 2.45. The number of nitrogens with two attached hydrogens (primary N) is 1. The maximum atomic E-state index is 8.99. The summed E-state index contributed by atoms with van der Waals surface area (Å²) in [6.45, 7) is 2.98. The normalized spacial score (nSPS) is 23.7. The summed E-state index contributed by atoms with van der Waals surface area (Å²) >= 11 is 0. The number of hydrogen-bond acceptors (Lipinski definition) is 5. The highest BCUT2D eigenvalue weighted by Gasteiger charge is 2.27. The van der Waals surface area contributed by atoms with Crippen molar-refractivity contribution in [2.24, 2.45) is 0 Å². The molecule has 2 rings (SSSR count). The number of anilines is 2. The molecule has 0 radical (unpaired) electrons. The second kappa shape index (κ2) is 5.23. The van der Waals surface area contributed by atoms with Crippen molar-refractivity contribution < 1.29 is 4.74 Å². The van der Waals surface area contributed by atoms with Crippen LogP contribution in [0.2, 0.25) is 0 Å². The van der Waals surface area contributed by atoms with Gasteiger partial charge in [-0.2, -0.15) is 5.26 Å². The number of nitrogen functional groups attached to an aromatic ring is 1. The lowest BCUT2D eigenvalue weighted by Crippen LogP contribution is -2.44. The van der Waals surface area contributed by atoms with E-state index in [0.717, 1.165) is 25.2 Å². The van der Waals surface area contributed by atoms with E-state index >= 15 is 0 Å². The van der Waals surface area contributed by atoms with Gasteiger partial charge in [0.25, 0.3) is 0 Å². The smallest absolute Gasteiger partial charge is 0.153 e. The maximum absolute atomic E-state index is 8.99. The Hall–Kier alpha value is -1.80. The third-order valence-electron chi connectivity index (χ3n) is 3.52. The molecule has 5 nitrogen and oxygen atoms in total. The van der Waals surface area contributed by atoms with E-state index in [2.05, 4.69) is 22.9 Å². The van der Waals surface area contributed by atoms with Gasteiger partial charge in [0.2, 0.25) is 0 Å². The van der Waals surface area contributed by atoms with E-state index in [1.807, 2.05) is 0 Å². The Morgan fingerprint density at radius 3 is 3.00 bits per heavy atom. The van der Waals surface area contributed by atoms with Crippen LogP contribution < -0.4 is 10.6 Å². The van der Waals surface area contributed by atoms with Gasteiger partial charge in [0.15, 0.2) is 5.82 Å². The van der Waals surface area contributed by atoms with Gasteiger partial charge in [-0.1, -0.05) is 0 Å². The standard InChI is InChI=1S/C13H18N4O/c1-9-7-11(18-2)4-6-17(9)13-12(15)10(8-14)3-5-16-13/h3,5,9,11H,4,6-7,15H2,1-2H3. The molecule has 1 aromatic rings. The average Bonchev–Trinajstić information content (AvgIpc) is 2.39. The summed E-state index contributed by atoms with van der Waals surface area (Å²) < 4.78 is 5.39. The molecule has 2 heterocycles. The number of ether oxygens (including phenoxy) is 1. The van der Waals surface area contributed by atoms with E-state index in [1.165, 1.54) is 0 Å². The lowest BCUT2D eigenvalue weighted by atomic mass is 10.00. The van der Waals surface area contributed by atoms with Crippen molar-refractivity contribution in [2.45, 2.75) is 31.9 Å². The number of methoxy groups -OCH3 is 1. The van der Waals surface area contributed by atoms with E-state index in [4.69, 9.17) is 15.7 Å². The van der Waals surface area contributed by atoms with Crippen molar-refractivity contribution >= 4 is 11.5 Å². The van der Waals surface area contributed by atoms with Crippen molar-refractivity contribution in [2.75, 3.05) is 24.3 Å². The molecule has 1 aromatic heterocycles. The number of rotatable bonds is 2. The Morgan fingerprint density at radius 1 is 1.61 bits per heavy atom. The van der Waals surface area contributed by atoms with Crippen LogP contribution in [0.1, 0.15) is 25.3 Å². The molecule has 2 atom stereocenters. The van der Waals surface area contributed by atoms with Gasteiger partial charge in [-0.3, -0.25) is 0 Å². The van der Waals surface area contributed by atoms with Crippen molar-refractivity contribution in [1.29, 1.82) is 5.26 Å². The second-order valence-electron chi connectivity index (χ2n) is 4.63. The molecule has 0 aromatic carbocycles. The van der Waals surface area contributed by atoms with E-state index in [1.54, 1.807) is 19.4 Å². The molecule has 1 aliphatic heterocycles. The number of pyridine rings is 1. The first-order chi connectivity index (χ1) is 8.67. The molecule has 0 saturated carbocycles. The number of nitrogens with zero attached hydrogens (tertiary/aromatic N) is 3. The van der Waals surface area contributed by atoms with Crippen molar-refractivity contribution in [3.8, 4) is 6.07 Å². The highest BCUT2D eigenvalue weighted by molar-refractivity contribution is 5.70. The Bertz CT molecular complexity index is 469. The Labute approximate surface area is 107 Å². The number of aromatic nitrogens is 1. The van der Waals surface area contributed by atoms with Crippen LogP contribution in [-0.4, -0.2) is 30.8 Å². The quantitative estimate of drug-likeness (QED) is 0.856. The van der Waals surface area contributed by atoms with E-state index < -0.39 is 0 Å². The average molecular weight is 246 g/mol. The van der Waals surface area contributed by atoms with Crippen LogP contribution in [0.5, 0.6) is 0 Å². The first-order valence-electron chi connectivity index (χ1n) is 6.11. The zero-order chi connectivity index (χ0) is 13.1. The zero-order valence-electron chi connectivity index (χ0n) is 10.8. The van der Waals surface area contributed by atoms with Crippen LogP contribution in [0.4, 0.5) is 11.5 Å². The predicted molar refractivity (Wildman–Crippen MR) is 70.2 cm³/mol. The molecule has 1 aliphatic rings. The minimum atomic E-state index is 0.302. The lowest BCUT2D eigenvalue weighted by molar-refractivity contribution is 0.0720. The number of piperidine rings is 1. The Kier molecular flexibility index (Phi) is 3.68. The number of hydrogen-bond donors (Lipinski definition) is 1. The summed E-state index contributed by atoms with van der Waals surface area (Å²) in [4.78, 5) is 6.48. The molecule has 2 unspecified atom stereocenters. The molecule has 0 aliphatic carbocycles. The van der Waals surface area contributed by atoms with Gasteiger partial charge in [0.1, 0.15) is 6.07 Å². The fraction of sp³-hybridized carbons (Fsp3) is 0.538. The summed E-state index contributed by atoms with van der Waals surface area (Å²) in [7, 11) is 1.75. The monoisotopic (exact) mass is 246 g/mol. The molecular weight excluding hydrogens is 228 g/mol. The molecule has 2 N–H and O–H groups in total. The van der Waals surface area contributed by atoms with E-state index in [9.17, 15) is 0 Å². The molecule has 18 heavy (non-hydrogen) atoms. The largest absolute Gasteiger partial charge is 0.395 e. The Balaban J connectivity index is 2.25. The van der Waals surface area contributed by atoms with Crippen LogP contribution in [0, 0.1) is 11.3 Å². The highest BCUT2D eigenvalue weighted by atomic mass is 16.5. The van der Waals surface area contributed by atoms with Crippen LogP contribution in [0.25, 0.3) is 0 Å². The van der Waals surface area contributed by atoms with Crippen molar-refractivity contribution in [1.82, 2.24) is 4.98 Å². The third-order valence-corrected chi connectivity index (χ3v) is 3.52. The van der Waals surface area contributed by atoms with Crippen LogP contribution >= 0.6 is 0 Å². The molecule has 5 heteroatoms. The van der Waals surface area contributed by atoms with Gasteiger partial charge in [0.05, 0.1) is 17.4 Å². The van der Waals surface area contributed by atoms with Crippen molar-refractivity contribution in [3.63, 3.8) is 0 Å². The fourth-order valence-electron chi connectivity index (χ4n) is 2.45. The second-order valence-corrected chi connectivity index (χ2v) is 4.63. The topological polar surface area (TPSA) is 75.2 Å². The summed E-state index contributed by atoms with van der Waals surface area (Å²) in [6.07, 6.45) is 3.85. The molecule has 96 valence electrons. The van der Waals surface area contributed by atoms with E-state index in [0.29, 0.717) is 23.4 Å². The van der Waals surface area contributed by atoms with Gasteiger partial charge in [-0.05, 0) is 25.8 Å². The summed E-state index contributed by atoms with van der Waals surface area (Å²) in [6, 6.07) is 4.05. The lowest BCUT2D eigenvalue weighted by Gasteiger charge is -2.38. The van der Waals surface area contributed by atoms with E-state index in [-0.39, 0.29) is 0 Å². The molecular formula is C13H18N4O. The van der Waals surface area contributed by atoms with Crippen LogP contribution in [-0.2, 0) is 4.74 Å². The molecule has 0 spiro atoms. The first-order valence-corrected chi connectivity index (χ1v) is 6.11. The third kappa shape index (κ3) is 2.24. The predicted octanol–water partition coefficient (Wildman–Crippen LogP) is 1.54.